The van der Waals surface area contributed by atoms with Crippen LogP contribution in [0.1, 0.15) is 132 Å². The fourth-order valence-electron chi connectivity index (χ4n) is 11.8. The molecule has 0 amide bonds. The average Bonchev–Trinajstić information content (AvgIpc) is 2.90. The fourth-order valence-corrected chi connectivity index (χ4v) is 11.8. The first kappa shape index (κ1) is 31.6. The van der Waals surface area contributed by atoms with Crippen molar-refractivity contribution in [3.8, 4) is 0 Å². The maximum Gasteiger partial charge on any atom is 0.310 e. The molecule has 0 aromatic rings. The molecule has 0 heterocycles. The first-order chi connectivity index (χ1) is 19.5. The maximum absolute atomic E-state index is 12.9. The zero-order chi connectivity index (χ0) is 30.9. The number of carboxylic acid groups (broad SMARTS) is 2. The molecule has 4 saturated carbocycles. The van der Waals surface area contributed by atoms with Crippen LogP contribution in [0.5, 0.6) is 0 Å². The van der Waals surface area contributed by atoms with Crippen LogP contribution in [0.3, 0.4) is 0 Å². The standard InChI is InChI=1S/C36H56O6/c1-22-14-19-36(31(40)41)21-20-34(6)24(30(36)23(22)2)12-13-26-33(5)17-16-27(42-29(39)11-9-8-10-28(37)38)32(3,4)25(33)15-18-35(26,34)7/h12,22-23,25-27,30H,8-11,13-21H2,1-7H3,(H,37,38)(H,40,41)/t22-,23+,25+,26-,27+,30?,33+,34-,35-,36?/m1/s1. The zero-order valence-corrected chi connectivity index (χ0v) is 27.3. The van der Waals surface area contributed by atoms with Crippen LogP contribution < -0.4 is 0 Å². The number of carbonyl (C=O) groups excluding carboxylic acids is 1. The number of carbonyl (C=O) groups is 3. The lowest BCUT2D eigenvalue weighted by molar-refractivity contribution is -0.214. The largest absolute Gasteiger partial charge is 0.481 e. The number of esters is 1. The third-order valence-electron chi connectivity index (χ3n) is 14.6. The predicted molar refractivity (Wildman–Crippen MR) is 163 cm³/mol. The monoisotopic (exact) mass is 584 g/mol. The summed E-state index contributed by atoms with van der Waals surface area (Å²) in [7, 11) is 0. The zero-order valence-electron chi connectivity index (χ0n) is 27.3. The van der Waals surface area contributed by atoms with Gasteiger partial charge in [0.15, 0.2) is 0 Å². The van der Waals surface area contributed by atoms with Crippen molar-refractivity contribution in [3.63, 3.8) is 0 Å². The van der Waals surface area contributed by atoms with Crippen molar-refractivity contribution in [2.24, 2.45) is 56.7 Å². The summed E-state index contributed by atoms with van der Waals surface area (Å²) in [4.78, 5) is 36.5. The number of rotatable bonds is 7. The highest BCUT2D eigenvalue weighted by molar-refractivity contribution is 5.76. The van der Waals surface area contributed by atoms with Crippen LogP contribution in [0.15, 0.2) is 11.6 Å². The minimum absolute atomic E-state index is 0.00222. The molecule has 236 valence electrons. The summed E-state index contributed by atoms with van der Waals surface area (Å²) in [6.07, 6.45) is 12.6. The number of hydrogen-bond acceptors (Lipinski definition) is 4. The number of ether oxygens (including phenoxy) is 1. The molecule has 0 radical (unpaired) electrons. The van der Waals surface area contributed by atoms with E-state index in [0.717, 1.165) is 57.8 Å². The first-order valence-electron chi connectivity index (χ1n) is 16.9. The molecule has 6 heteroatoms. The number of hydrogen-bond donors (Lipinski definition) is 2. The molecule has 0 aromatic carbocycles. The normalized spacial score (nSPS) is 45.7. The molecule has 10 atom stereocenters. The number of aliphatic carboxylic acids is 2. The molecule has 6 nitrogen and oxygen atoms in total. The summed E-state index contributed by atoms with van der Waals surface area (Å²) in [5.41, 5.74) is 0.951. The highest BCUT2D eigenvalue weighted by Crippen LogP contribution is 2.75. The Bertz CT molecular complexity index is 1140. The van der Waals surface area contributed by atoms with Crippen LogP contribution in [0.2, 0.25) is 0 Å². The molecule has 2 unspecified atom stereocenters. The van der Waals surface area contributed by atoms with Crippen LogP contribution in [-0.4, -0.2) is 34.2 Å². The molecule has 0 aromatic heterocycles. The quantitative estimate of drug-likeness (QED) is 0.177. The van der Waals surface area contributed by atoms with Crippen molar-refractivity contribution in [1.29, 1.82) is 0 Å². The topological polar surface area (TPSA) is 101 Å². The van der Waals surface area contributed by atoms with Gasteiger partial charge in [-0.05, 0) is 116 Å². The summed E-state index contributed by atoms with van der Waals surface area (Å²) in [5.74, 6) is 0.406. The van der Waals surface area contributed by atoms with E-state index in [9.17, 15) is 19.5 Å². The van der Waals surface area contributed by atoms with Gasteiger partial charge in [0, 0.05) is 18.3 Å². The van der Waals surface area contributed by atoms with Gasteiger partial charge in [-0.1, -0.05) is 60.1 Å². The van der Waals surface area contributed by atoms with Crippen LogP contribution in [-0.2, 0) is 19.1 Å². The van der Waals surface area contributed by atoms with Gasteiger partial charge in [0.05, 0.1) is 5.41 Å². The Labute approximate surface area is 253 Å². The van der Waals surface area contributed by atoms with E-state index in [1.807, 2.05) is 0 Å². The van der Waals surface area contributed by atoms with Crippen molar-refractivity contribution in [1.82, 2.24) is 0 Å². The van der Waals surface area contributed by atoms with E-state index in [1.165, 1.54) is 5.57 Å². The SMILES string of the molecule is C[C@@H]1CCC2(C(=O)O)CC[C@]3(C)C(=CC[C@@H]4[C@@]5(C)CC[C@H](OC(=O)CCCCC(=O)O)C(C)(C)[C@@H]5CC[C@]43C)C2[C@H]1C. The fraction of sp³-hybridized carbons (Fsp3) is 0.861. The van der Waals surface area contributed by atoms with Gasteiger partial charge in [0.1, 0.15) is 6.10 Å². The minimum atomic E-state index is -0.823. The maximum atomic E-state index is 12.9. The Morgan fingerprint density at radius 2 is 1.55 bits per heavy atom. The van der Waals surface area contributed by atoms with E-state index in [0.29, 0.717) is 36.5 Å². The second-order valence-electron chi connectivity index (χ2n) is 16.5. The lowest BCUT2D eigenvalue weighted by Crippen LogP contribution is -2.65. The molecule has 0 aliphatic heterocycles. The summed E-state index contributed by atoms with van der Waals surface area (Å²) < 4.78 is 6.14. The minimum Gasteiger partial charge on any atom is -0.481 e. The number of fused-ring (bicyclic) bond motifs is 7. The highest BCUT2D eigenvalue weighted by Gasteiger charge is 2.69. The van der Waals surface area contributed by atoms with Crippen LogP contribution in [0, 0.1) is 56.7 Å². The molecule has 5 aliphatic carbocycles. The van der Waals surface area contributed by atoms with Crippen molar-refractivity contribution >= 4 is 17.9 Å². The van der Waals surface area contributed by atoms with Gasteiger partial charge >= 0.3 is 17.9 Å². The second kappa shape index (κ2) is 10.6. The van der Waals surface area contributed by atoms with Gasteiger partial charge < -0.3 is 14.9 Å². The van der Waals surface area contributed by atoms with Crippen LogP contribution in [0.4, 0.5) is 0 Å². The van der Waals surface area contributed by atoms with Gasteiger partial charge in [0.2, 0.25) is 0 Å². The van der Waals surface area contributed by atoms with Crippen molar-refractivity contribution < 1.29 is 29.3 Å². The van der Waals surface area contributed by atoms with E-state index in [1.54, 1.807) is 0 Å². The summed E-state index contributed by atoms with van der Waals surface area (Å²) in [6, 6.07) is 0. The first-order valence-corrected chi connectivity index (χ1v) is 16.9. The van der Waals surface area contributed by atoms with Gasteiger partial charge in [-0.25, -0.2) is 0 Å². The van der Waals surface area contributed by atoms with E-state index in [4.69, 9.17) is 9.84 Å². The van der Waals surface area contributed by atoms with E-state index in [-0.39, 0.29) is 52.5 Å². The molecule has 0 spiro atoms. The second-order valence-corrected chi connectivity index (χ2v) is 16.5. The third kappa shape index (κ3) is 4.50. The Kier molecular flexibility index (Phi) is 8.00. The molecule has 42 heavy (non-hydrogen) atoms. The highest BCUT2D eigenvalue weighted by atomic mass is 16.5. The lowest BCUT2D eigenvalue weighted by Gasteiger charge is -2.71. The van der Waals surface area contributed by atoms with Gasteiger partial charge in [-0.3, -0.25) is 14.4 Å². The van der Waals surface area contributed by atoms with Crippen molar-refractivity contribution in [2.75, 3.05) is 0 Å². The van der Waals surface area contributed by atoms with Gasteiger partial charge in [0.25, 0.3) is 0 Å². The Hall–Kier alpha value is -1.85. The van der Waals surface area contributed by atoms with E-state index >= 15 is 0 Å². The van der Waals surface area contributed by atoms with Gasteiger partial charge in [-0.2, -0.15) is 0 Å². The molecule has 0 saturated heterocycles. The molecule has 4 fully saturated rings. The molecule has 2 N–H and O–H groups in total. The summed E-state index contributed by atoms with van der Waals surface area (Å²) >= 11 is 0. The molecule has 0 bridgehead atoms. The average molecular weight is 585 g/mol. The third-order valence-corrected chi connectivity index (χ3v) is 14.6. The Morgan fingerprint density at radius 3 is 2.21 bits per heavy atom. The number of unbranched alkanes of at least 4 members (excludes halogenated alkanes) is 1. The molecular weight excluding hydrogens is 528 g/mol. The Balaban J connectivity index is 1.40. The summed E-state index contributed by atoms with van der Waals surface area (Å²) in [5, 5.41) is 19.5. The van der Waals surface area contributed by atoms with E-state index in [2.05, 4.69) is 54.5 Å². The number of allylic oxidation sites excluding steroid dienone is 2. The Morgan fingerprint density at radius 1 is 0.857 bits per heavy atom. The van der Waals surface area contributed by atoms with Crippen molar-refractivity contribution in [2.45, 2.75) is 138 Å². The van der Waals surface area contributed by atoms with Gasteiger partial charge in [-0.15, -0.1) is 0 Å². The molecule has 5 rings (SSSR count). The van der Waals surface area contributed by atoms with Crippen LogP contribution in [0.25, 0.3) is 0 Å². The van der Waals surface area contributed by atoms with E-state index < -0.39 is 17.4 Å². The predicted octanol–water partition coefficient (Wildman–Crippen LogP) is 8.29. The summed E-state index contributed by atoms with van der Waals surface area (Å²) in [6.45, 7) is 16.8. The lowest BCUT2D eigenvalue weighted by atomic mass is 9.33. The number of carboxylic acids is 2. The van der Waals surface area contributed by atoms with Crippen LogP contribution >= 0.6 is 0 Å². The molecule has 5 aliphatic rings. The van der Waals surface area contributed by atoms with Crippen molar-refractivity contribution in [3.05, 3.63) is 11.6 Å². The molecular formula is C36H56O6. The smallest absolute Gasteiger partial charge is 0.310 e.